The standard InChI is InChI=1S/C24H25FN2O2/c25-19-6-3-5-17(12-19)22-11-9-16(13-26-22)8-10-21-20-7-2-1-4-18(20)14-27-15-23(28)29-24(21)27/h3,5-6,8-13,18,20-21,24H,1-2,4,7,14-15H2/t18?,20?,21?,24-/m1/s1. The Morgan fingerprint density at radius 1 is 1.17 bits per heavy atom. The lowest BCUT2D eigenvalue weighted by atomic mass is 9.69. The van der Waals surface area contributed by atoms with Crippen molar-refractivity contribution in [2.45, 2.75) is 31.9 Å². The molecule has 4 atom stereocenters. The highest BCUT2D eigenvalue weighted by Gasteiger charge is 2.48. The van der Waals surface area contributed by atoms with Gasteiger partial charge in [-0.25, -0.2) is 4.39 Å². The minimum atomic E-state index is -0.261. The van der Waals surface area contributed by atoms with Gasteiger partial charge in [-0.05, 0) is 48.4 Å². The number of esters is 1. The summed E-state index contributed by atoms with van der Waals surface area (Å²) < 4.78 is 19.1. The van der Waals surface area contributed by atoms with Crippen molar-refractivity contribution in [3.63, 3.8) is 0 Å². The van der Waals surface area contributed by atoms with Crippen LogP contribution in [0.3, 0.4) is 0 Å². The van der Waals surface area contributed by atoms with E-state index in [9.17, 15) is 9.18 Å². The van der Waals surface area contributed by atoms with Crippen LogP contribution in [0.15, 0.2) is 48.7 Å². The van der Waals surface area contributed by atoms with E-state index in [4.69, 9.17) is 4.74 Å². The summed E-state index contributed by atoms with van der Waals surface area (Å²) in [5.74, 6) is 1.09. The van der Waals surface area contributed by atoms with Crippen LogP contribution >= 0.6 is 0 Å². The van der Waals surface area contributed by atoms with Crippen LogP contribution in [-0.2, 0) is 9.53 Å². The number of pyridine rings is 1. The van der Waals surface area contributed by atoms with Gasteiger partial charge < -0.3 is 4.74 Å². The van der Waals surface area contributed by atoms with Gasteiger partial charge in [0.25, 0.3) is 0 Å². The number of hydrogen-bond acceptors (Lipinski definition) is 4. The quantitative estimate of drug-likeness (QED) is 0.720. The van der Waals surface area contributed by atoms with Crippen molar-refractivity contribution in [2.75, 3.05) is 13.1 Å². The van der Waals surface area contributed by atoms with Crippen molar-refractivity contribution in [2.24, 2.45) is 17.8 Å². The molecule has 3 heterocycles. The number of fused-ring (bicyclic) bond motifs is 2. The van der Waals surface area contributed by atoms with Gasteiger partial charge in [0.1, 0.15) is 5.82 Å². The third kappa shape index (κ3) is 3.71. The molecule has 3 fully saturated rings. The van der Waals surface area contributed by atoms with E-state index in [1.165, 1.54) is 37.8 Å². The number of carbonyl (C=O) groups excluding carboxylic acids is 1. The van der Waals surface area contributed by atoms with E-state index < -0.39 is 0 Å². The predicted octanol–water partition coefficient (Wildman–Crippen LogP) is 4.52. The van der Waals surface area contributed by atoms with E-state index in [0.29, 0.717) is 18.4 Å². The van der Waals surface area contributed by atoms with Gasteiger partial charge in [0.05, 0.1) is 12.2 Å². The summed E-state index contributed by atoms with van der Waals surface area (Å²) in [5.41, 5.74) is 2.52. The number of halogens is 1. The summed E-state index contributed by atoms with van der Waals surface area (Å²) in [5, 5.41) is 0. The zero-order valence-electron chi connectivity index (χ0n) is 16.3. The molecule has 0 spiro atoms. The maximum Gasteiger partial charge on any atom is 0.321 e. The average Bonchev–Trinajstić information content (AvgIpc) is 3.11. The largest absolute Gasteiger partial charge is 0.445 e. The fraction of sp³-hybridized carbons (Fsp3) is 0.417. The third-order valence-corrected chi connectivity index (χ3v) is 6.62. The molecule has 5 heteroatoms. The maximum absolute atomic E-state index is 13.5. The lowest BCUT2D eigenvalue weighted by Crippen LogP contribution is -2.51. The molecule has 1 aromatic carbocycles. The summed E-state index contributed by atoms with van der Waals surface area (Å²) in [7, 11) is 0. The van der Waals surface area contributed by atoms with E-state index in [1.807, 2.05) is 24.4 Å². The first-order chi connectivity index (χ1) is 14.2. The first-order valence-electron chi connectivity index (χ1n) is 10.5. The van der Waals surface area contributed by atoms with Crippen LogP contribution in [0.1, 0.15) is 31.2 Å². The second kappa shape index (κ2) is 7.71. The van der Waals surface area contributed by atoms with E-state index in [2.05, 4.69) is 22.0 Å². The molecule has 1 aromatic heterocycles. The minimum Gasteiger partial charge on any atom is -0.445 e. The molecular formula is C24H25FN2O2. The van der Waals surface area contributed by atoms with Crippen LogP contribution in [-0.4, -0.2) is 35.2 Å². The number of nitrogens with zero attached hydrogens (tertiary/aromatic N) is 2. The highest BCUT2D eigenvalue weighted by Crippen LogP contribution is 2.44. The van der Waals surface area contributed by atoms with Crippen LogP contribution in [0.25, 0.3) is 17.3 Å². The van der Waals surface area contributed by atoms with Crippen molar-refractivity contribution < 1.29 is 13.9 Å². The van der Waals surface area contributed by atoms with Crippen LogP contribution in [0, 0.1) is 23.6 Å². The summed E-state index contributed by atoms with van der Waals surface area (Å²) >= 11 is 0. The highest BCUT2D eigenvalue weighted by atomic mass is 19.1. The molecule has 29 heavy (non-hydrogen) atoms. The first-order valence-corrected chi connectivity index (χ1v) is 10.5. The topological polar surface area (TPSA) is 42.4 Å². The fourth-order valence-corrected chi connectivity index (χ4v) is 5.26. The molecule has 0 bridgehead atoms. The van der Waals surface area contributed by atoms with E-state index in [1.54, 1.807) is 6.07 Å². The molecule has 1 aliphatic carbocycles. The molecule has 0 amide bonds. The predicted molar refractivity (Wildman–Crippen MR) is 109 cm³/mol. The SMILES string of the molecule is O=C1CN2CC3CCCCC3C(C=Cc3ccc(-c4cccc(F)c4)nc3)[C@H]2O1. The molecule has 1 saturated carbocycles. The first kappa shape index (κ1) is 18.5. The van der Waals surface area contributed by atoms with Crippen molar-refractivity contribution >= 4 is 12.0 Å². The Morgan fingerprint density at radius 3 is 2.90 bits per heavy atom. The Labute approximate surface area is 170 Å². The van der Waals surface area contributed by atoms with Crippen LogP contribution in [0.2, 0.25) is 0 Å². The highest BCUT2D eigenvalue weighted by molar-refractivity contribution is 5.74. The van der Waals surface area contributed by atoms with Gasteiger partial charge in [0.15, 0.2) is 6.23 Å². The lowest BCUT2D eigenvalue weighted by Gasteiger charge is -2.46. The van der Waals surface area contributed by atoms with Gasteiger partial charge >= 0.3 is 5.97 Å². The molecule has 2 aromatic rings. The van der Waals surface area contributed by atoms with Crippen LogP contribution in [0.4, 0.5) is 4.39 Å². The number of carbonyl (C=O) groups is 1. The molecule has 0 N–H and O–H groups in total. The van der Waals surface area contributed by atoms with Crippen LogP contribution < -0.4 is 0 Å². The molecule has 0 radical (unpaired) electrons. The number of piperidine rings is 1. The van der Waals surface area contributed by atoms with Crippen molar-refractivity contribution in [1.29, 1.82) is 0 Å². The van der Waals surface area contributed by atoms with E-state index in [-0.39, 0.29) is 23.9 Å². The zero-order chi connectivity index (χ0) is 19.8. The van der Waals surface area contributed by atoms with Gasteiger partial charge in [0.2, 0.25) is 0 Å². The molecule has 3 unspecified atom stereocenters. The molecule has 2 saturated heterocycles. The Hall–Kier alpha value is -2.53. The Bertz CT molecular complexity index is 927. The van der Waals surface area contributed by atoms with Gasteiger partial charge in [-0.2, -0.15) is 0 Å². The molecule has 2 aliphatic heterocycles. The van der Waals surface area contributed by atoms with E-state index in [0.717, 1.165) is 23.4 Å². The number of rotatable bonds is 3. The summed E-state index contributed by atoms with van der Waals surface area (Å²) in [4.78, 5) is 18.6. The van der Waals surface area contributed by atoms with Gasteiger partial charge in [-0.15, -0.1) is 0 Å². The Kier molecular flexibility index (Phi) is 4.92. The van der Waals surface area contributed by atoms with E-state index >= 15 is 0 Å². The monoisotopic (exact) mass is 392 g/mol. The maximum atomic E-state index is 13.5. The number of benzene rings is 1. The van der Waals surface area contributed by atoms with Gasteiger partial charge in [-0.1, -0.05) is 43.2 Å². The van der Waals surface area contributed by atoms with Crippen molar-refractivity contribution in [3.8, 4) is 11.3 Å². The Morgan fingerprint density at radius 2 is 2.07 bits per heavy atom. The normalized spacial score (nSPS) is 29.5. The third-order valence-electron chi connectivity index (χ3n) is 6.62. The fourth-order valence-electron chi connectivity index (χ4n) is 5.26. The van der Waals surface area contributed by atoms with Crippen molar-refractivity contribution in [1.82, 2.24) is 9.88 Å². The minimum absolute atomic E-state index is 0.104. The summed E-state index contributed by atoms with van der Waals surface area (Å²) in [6.45, 7) is 1.40. The average molecular weight is 392 g/mol. The summed E-state index contributed by atoms with van der Waals surface area (Å²) in [6.07, 6.45) is 11.0. The molecule has 150 valence electrons. The summed E-state index contributed by atoms with van der Waals surface area (Å²) in [6, 6.07) is 10.4. The second-order valence-electron chi connectivity index (χ2n) is 8.44. The van der Waals surface area contributed by atoms with Gasteiger partial charge in [0, 0.05) is 24.2 Å². The molecule has 5 rings (SSSR count). The number of aromatic nitrogens is 1. The van der Waals surface area contributed by atoms with Crippen LogP contribution in [0.5, 0.6) is 0 Å². The molecular weight excluding hydrogens is 367 g/mol. The number of hydrogen-bond donors (Lipinski definition) is 0. The second-order valence-corrected chi connectivity index (χ2v) is 8.44. The lowest BCUT2D eigenvalue weighted by molar-refractivity contribution is -0.147. The Balaban J connectivity index is 1.37. The van der Waals surface area contributed by atoms with Gasteiger partial charge in [-0.3, -0.25) is 14.7 Å². The number of ether oxygens (including phenoxy) is 1. The molecule has 3 aliphatic rings. The zero-order valence-corrected chi connectivity index (χ0v) is 16.3. The molecule has 4 nitrogen and oxygen atoms in total. The van der Waals surface area contributed by atoms with Crippen molar-refractivity contribution in [3.05, 3.63) is 60.1 Å². The smallest absolute Gasteiger partial charge is 0.321 e.